The molecule has 0 fully saturated rings. The number of hydrogen-bond acceptors (Lipinski definition) is 1. The first-order valence-corrected chi connectivity index (χ1v) is 4.55. The van der Waals surface area contributed by atoms with Crippen LogP contribution in [0.15, 0.2) is 34.8 Å². The van der Waals surface area contributed by atoms with Crippen LogP contribution >= 0.6 is 15.9 Å². The predicted molar refractivity (Wildman–Crippen MR) is 53.3 cm³/mol. The van der Waals surface area contributed by atoms with Crippen molar-refractivity contribution in [2.75, 3.05) is 0 Å². The molecular formula is C10H6BrFO. The Kier molecular flexibility index (Phi) is 1.96. The summed E-state index contributed by atoms with van der Waals surface area (Å²) in [6, 6.07) is 8.69. The molecule has 0 unspecified atom stereocenters. The van der Waals surface area contributed by atoms with Crippen LogP contribution in [0.5, 0.6) is 5.75 Å². The van der Waals surface area contributed by atoms with Crippen molar-refractivity contribution < 1.29 is 9.50 Å². The Morgan fingerprint density at radius 1 is 1.23 bits per heavy atom. The molecule has 0 saturated carbocycles. The molecular weight excluding hydrogens is 235 g/mol. The lowest BCUT2D eigenvalue weighted by molar-refractivity contribution is 0.432. The maximum Gasteiger partial charge on any atom is 0.179 e. The molecule has 0 atom stereocenters. The van der Waals surface area contributed by atoms with Gasteiger partial charge in [-0.2, -0.15) is 0 Å². The summed E-state index contributed by atoms with van der Waals surface area (Å²) >= 11 is 3.10. The molecule has 1 nitrogen and oxygen atoms in total. The molecule has 0 heterocycles. The maximum absolute atomic E-state index is 13.2. The van der Waals surface area contributed by atoms with Gasteiger partial charge in [0.2, 0.25) is 0 Å². The van der Waals surface area contributed by atoms with E-state index in [9.17, 15) is 9.50 Å². The number of phenols is 1. The van der Waals surface area contributed by atoms with Crippen LogP contribution in [-0.4, -0.2) is 5.11 Å². The number of rotatable bonds is 0. The fraction of sp³-hybridized carbons (Fsp3) is 0. The molecule has 1 N–H and O–H groups in total. The molecule has 0 radical (unpaired) electrons. The quantitative estimate of drug-likeness (QED) is 0.748. The molecule has 0 amide bonds. The monoisotopic (exact) mass is 240 g/mol. The molecule has 0 bridgehead atoms. The summed E-state index contributed by atoms with van der Waals surface area (Å²) < 4.78 is 13.5. The number of aromatic hydroxyl groups is 1. The zero-order valence-electron chi connectivity index (χ0n) is 6.59. The zero-order valence-corrected chi connectivity index (χ0v) is 8.18. The first kappa shape index (κ1) is 8.51. The lowest BCUT2D eigenvalue weighted by Crippen LogP contribution is -1.81. The lowest BCUT2D eigenvalue weighted by atomic mass is 10.1. The summed E-state index contributed by atoms with van der Waals surface area (Å²) in [5.41, 5.74) is 0. The minimum absolute atomic E-state index is 0.308. The highest BCUT2D eigenvalue weighted by atomic mass is 79.9. The number of phenolic OH excluding ortho intramolecular Hbond substituents is 1. The van der Waals surface area contributed by atoms with Crippen LogP contribution in [0.4, 0.5) is 4.39 Å². The van der Waals surface area contributed by atoms with Gasteiger partial charge in [0.15, 0.2) is 11.6 Å². The summed E-state index contributed by atoms with van der Waals surface area (Å²) in [6.07, 6.45) is 0. The fourth-order valence-electron chi connectivity index (χ4n) is 1.26. The van der Waals surface area contributed by atoms with E-state index in [4.69, 9.17) is 0 Å². The van der Waals surface area contributed by atoms with Gasteiger partial charge in [-0.15, -0.1) is 0 Å². The number of hydrogen-bond donors (Lipinski definition) is 1. The molecule has 2 aromatic carbocycles. The van der Waals surface area contributed by atoms with E-state index in [-0.39, 0.29) is 5.75 Å². The van der Waals surface area contributed by atoms with Crippen LogP contribution in [0.25, 0.3) is 10.8 Å². The van der Waals surface area contributed by atoms with E-state index in [0.29, 0.717) is 4.47 Å². The van der Waals surface area contributed by atoms with Crippen molar-refractivity contribution in [2.24, 2.45) is 0 Å². The van der Waals surface area contributed by atoms with Crippen LogP contribution in [-0.2, 0) is 0 Å². The van der Waals surface area contributed by atoms with Gasteiger partial charge in [0.1, 0.15) is 0 Å². The average molecular weight is 241 g/mol. The second-order valence-electron chi connectivity index (χ2n) is 2.74. The fourth-order valence-corrected chi connectivity index (χ4v) is 1.83. The average Bonchev–Trinajstić information content (AvgIpc) is 2.15. The zero-order chi connectivity index (χ0) is 9.42. The highest BCUT2D eigenvalue weighted by molar-refractivity contribution is 9.10. The van der Waals surface area contributed by atoms with Gasteiger partial charge in [-0.1, -0.05) is 24.3 Å². The van der Waals surface area contributed by atoms with Gasteiger partial charge in [0.25, 0.3) is 0 Å². The highest BCUT2D eigenvalue weighted by Gasteiger charge is 2.09. The van der Waals surface area contributed by atoms with Crippen molar-refractivity contribution in [3.8, 4) is 5.75 Å². The molecule has 0 aliphatic heterocycles. The Morgan fingerprint density at radius 2 is 1.92 bits per heavy atom. The van der Waals surface area contributed by atoms with Crippen molar-refractivity contribution >= 4 is 26.7 Å². The highest BCUT2D eigenvalue weighted by Crippen LogP contribution is 2.32. The smallest absolute Gasteiger partial charge is 0.179 e. The Balaban J connectivity index is 2.94. The summed E-state index contributed by atoms with van der Waals surface area (Å²) in [5.74, 6) is -0.940. The number of halogens is 2. The van der Waals surface area contributed by atoms with Gasteiger partial charge in [-0.05, 0) is 32.8 Å². The molecule has 0 aliphatic rings. The molecule has 66 valence electrons. The Hall–Kier alpha value is -1.09. The van der Waals surface area contributed by atoms with Gasteiger partial charge < -0.3 is 5.11 Å². The number of fused-ring (bicyclic) bond motifs is 1. The first-order chi connectivity index (χ1) is 6.20. The molecule has 13 heavy (non-hydrogen) atoms. The first-order valence-electron chi connectivity index (χ1n) is 3.76. The molecule has 3 heteroatoms. The third-order valence-corrected chi connectivity index (χ3v) is 2.68. The van der Waals surface area contributed by atoms with E-state index in [1.54, 1.807) is 6.07 Å². The molecule has 2 aromatic rings. The van der Waals surface area contributed by atoms with Crippen LogP contribution < -0.4 is 0 Å². The minimum Gasteiger partial charge on any atom is -0.505 e. The van der Waals surface area contributed by atoms with Crippen molar-refractivity contribution in [2.45, 2.75) is 0 Å². The standard InChI is InChI=1S/C10H6BrFO/c11-9-7-4-2-1-3-6(7)5-8(13)10(9)12/h1-5,13H. The van der Waals surface area contributed by atoms with Gasteiger partial charge in [-0.25, -0.2) is 4.39 Å². The molecule has 2 rings (SSSR count). The summed E-state index contributed by atoms with van der Waals surface area (Å²) in [4.78, 5) is 0. The summed E-state index contributed by atoms with van der Waals surface area (Å²) in [7, 11) is 0. The lowest BCUT2D eigenvalue weighted by Gasteiger charge is -2.03. The van der Waals surface area contributed by atoms with E-state index >= 15 is 0 Å². The van der Waals surface area contributed by atoms with Crippen molar-refractivity contribution in [3.63, 3.8) is 0 Å². The van der Waals surface area contributed by atoms with Crippen LogP contribution in [0.3, 0.4) is 0 Å². The largest absolute Gasteiger partial charge is 0.505 e. The van der Waals surface area contributed by atoms with Gasteiger partial charge >= 0.3 is 0 Å². The summed E-state index contributed by atoms with van der Waals surface area (Å²) in [5, 5.41) is 10.8. The number of benzene rings is 2. The van der Waals surface area contributed by atoms with Crippen molar-refractivity contribution in [3.05, 3.63) is 40.6 Å². The van der Waals surface area contributed by atoms with Crippen LogP contribution in [0.1, 0.15) is 0 Å². The van der Waals surface area contributed by atoms with Crippen LogP contribution in [0.2, 0.25) is 0 Å². The normalized spacial score (nSPS) is 10.6. The molecule has 0 spiro atoms. The third-order valence-electron chi connectivity index (χ3n) is 1.91. The second-order valence-corrected chi connectivity index (χ2v) is 3.54. The SMILES string of the molecule is Oc1cc2ccccc2c(Br)c1F. The van der Waals surface area contributed by atoms with E-state index in [2.05, 4.69) is 15.9 Å². The van der Waals surface area contributed by atoms with E-state index in [0.717, 1.165) is 10.8 Å². The maximum atomic E-state index is 13.2. The van der Waals surface area contributed by atoms with Gasteiger partial charge in [0.05, 0.1) is 4.47 Å². The van der Waals surface area contributed by atoms with E-state index < -0.39 is 5.82 Å². The topological polar surface area (TPSA) is 20.2 Å². The Morgan fingerprint density at radius 3 is 2.69 bits per heavy atom. The third kappa shape index (κ3) is 1.29. The van der Waals surface area contributed by atoms with Gasteiger partial charge in [0, 0.05) is 0 Å². The minimum atomic E-state index is -0.612. The van der Waals surface area contributed by atoms with E-state index in [1.165, 1.54) is 6.07 Å². The molecule has 0 saturated heterocycles. The van der Waals surface area contributed by atoms with E-state index in [1.807, 2.05) is 18.2 Å². The predicted octanol–water partition coefficient (Wildman–Crippen LogP) is 3.45. The van der Waals surface area contributed by atoms with Crippen LogP contribution in [0, 0.1) is 5.82 Å². The van der Waals surface area contributed by atoms with Crippen molar-refractivity contribution in [1.82, 2.24) is 0 Å². The van der Waals surface area contributed by atoms with Crippen molar-refractivity contribution in [1.29, 1.82) is 0 Å². The second kappa shape index (κ2) is 3.00. The molecule has 0 aliphatic carbocycles. The Bertz CT molecular complexity index is 468. The summed E-state index contributed by atoms with van der Waals surface area (Å²) in [6.45, 7) is 0. The Labute approximate surface area is 82.9 Å². The van der Waals surface area contributed by atoms with Gasteiger partial charge in [-0.3, -0.25) is 0 Å². The molecule has 0 aromatic heterocycles.